The minimum atomic E-state index is -0.136. The monoisotopic (exact) mass is 235 g/mol. The highest BCUT2D eigenvalue weighted by Gasteiger charge is 2.24. The summed E-state index contributed by atoms with van der Waals surface area (Å²) in [6.45, 7) is 0.919. The number of carbonyl (C=O) groups is 1. The maximum Gasteiger partial charge on any atom is 0.235 e. The highest BCUT2D eigenvalue weighted by Crippen LogP contribution is 2.23. The van der Waals surface area contributed by atoms with Gasteiger partial charge in [-0.25, -0.2) is 4.98 Å². The number of aryl methyl sites for hydroxylation is 1. The quantitative estimate of drug-likeness (QED) is 0.781. The molecule has 1 amide bonds. The lowest BCUT2D eigenvalue weighted by Gasteiger charge is -2.08. The fourth-order valence-electron chi connectivity index (χ4n) is 1.59. The summed E-state index contributed by atoms with van der Waals surface area (Å²) < 4.78 is 2.04. The molecule has 1 atom stereocenters. The van der Waals surface area contributed by atoms with E-state index in [9.17, 15) is 4.79 Å². The van der Waals surface area contributed by atoms with Crippen LogP contribution in [0.4, 0.5) is 0 Å². The Labute approximate surface area is 93.1 Å². The third kappa shape index (κ3) is 2.01. The summed E-state index contributed by atoms with van der Waals surface area (Å²) in [5.41, 5.74) is 0. The number of rotatable bonds is 2. The van der Waals surface area contributed by atoms with E-state index in [0.29, 0.717) is 0 Å². The first-order valence-electron chi connectivity index (χ1n) is 4.17. The van der Waals surface area contributed by atoms with Gasteiger partial charge in [-0.3, -0.25) is 4.79 Å². The normalized spacial score (nSPS) is 18.5. The van der Waals surface area contributed by atoms with Gasteiger partial charge in [-0.1, -0.05) is 0 Å². The Hall–Kier alpha value is -0.740. The molecule has 0 spiro atoms. The van der Waals surface area contributed by atoms with Crippen LogP contribution in [-0.2, 0) is 11.3 Å². The van der Waals surface area contributed by atoms with Crippen LogP contribution in [0.3, 0.4) is 0 Å². The molecule has 0 bridgehead atoms. The second-order valence-electron chi connectivity index (χ2n) is 3.02. The van der Waals surface area contributed by atoms with Crippen molar-refractivity contribution in [1.82, 2.24) is 14.9 Å². The van der Waals surface area contributed by atoms with Crippen molar-refractivity contribution >= 4 is 29.9 Å². The topological polar surface area (TPSA) is 46.9 Å². The number of halogens is 2. The molecule has 1 unspecified atom stereocenters. The lowest BCUT2D eigenvalue weighted by molar-refractivity contribution is -0.119. The summed E-state index contributed by atoms with van der Waals surface area (Å²) in [5, 5.41) is 2.82. The number of fused-ring (bicyclic) bond motifs is 1. The number of nitrogens with zero attached hydrogens (tertiary/aromatic N) is 2. The van der Waals surface area contributed by atoms with Crippen molar-refractivity contribution in [3.8, 4) is 0 Å². The first kappa shape index (κ1) is 11.3. The van der Waals surface area contributed by atoms with Crippen molar-refractivity contribution in [2.24, 2.45) is 0 Å². The Morgan fingerprint density at radius 2 is 2.57 bits per heavy atom. The number of hydrogen-bond acceptors (Lipinski definition) is 2. The number of hydrogen-bond donors (Lipinski definition) is 1. The molecule has 1 aliphatic heterocycles. The summed E-state index contributed by atoms with van der Waals surface area (Å²) in [6.07, 6.45) is 4.57. The maximum absolute atomic E-state index is 11.0. The van der Waals surface area contributed by atoms with E-state index in [4.69, 9.17) is 11.6 Å². The van der Waals surface area contributed by atoms with Gasteiger partial charge >= 0.3 is 0 Å². The fraction of sp³-hybridized carbons (Fsp3) is 0.500. The van der Waals surface area contributed by atoms with Crippen LogP contribution in [0.2, 0.25) is 0 Å². The molecule has 0 saturated carbocycles. The van der Waals surface area contributed by atoms with Gasteiger partial charge in [0.25, 0.3) is 0 Å². The standard InChI is InChI=1S/C8H10ClN3O.ClH/c9-5-7(13)11-6-1-3-12-4-2-10-8(6)12;/h2,4,6H,1,3,5H2,(H,11,13);1H. The Morgan fingerprint density at radius 1 is 1.79 bits per heavy atom. The summed E-state index contributed by atoms with van der Waals surface area (Å²) in [5.74, 6) is 0.804. The van der Waals surface area contributed by atoms with E-state index in [0.717, 1.165) is 18.8 Å². The molecule has 1 aromatic rings. The summed E-state index contributed by atoms with van der Waals surface area (Å²) in [7, 11) is 0. The number of imidazole rings is 1. The van der Waals surface area contributed by atoms with E-state index in [1.807, 2.05) is 10.8 Å². The van der Waals surface area contributed by atoms with E-state index in [-0.39, 0.29) is 30.2 Å². The van der Waals surface area contributed by atoms with Crippen LogP contribution in [0.1, 0.15) is 18.3 Å². The van der Waals surface area contributed by atoms with Crippen molar-refractivity contribution in [3.05, 3.63) is 18.2 Å². The van der Waals surface area contributed by atoms with Crippen LogP contribution < -0.4 is 5.32 Å². The van der Waals surface area contributed by atoms with Crippen LogP contribution in [-0.4, -0.2) is 21.3 Å². The zero-order valence-electron chi connectivity index (χ0n) is 7.44. The Kier molecular flexibility index (Phi) is 3.77. The van der Waals surface area contributed by atoms with Gasteiger partial charge < -0.3 is 9.88 Å². The molecule has 4 nitrogen and oxygen atoms in total. The first-order chi connectivity index (χ1) is 6.31. The molecule has 2 rings (SSSR count). The van der Waals surface area contributed by atoms with Crippen LogP contribution in [0.5, 0.6) is 0 Å². The third-order valence-electron chi connectivity index (χ3n) is 2.17. The Morgan fingerprint density at radius 3 is 3.29 bits per heavy atom. The highest BCUT2D eigenvalue weighted by molar-refractivity contribution is 6.27. The molecule has 1 aromatic heterocycles. The lowest BCUT2D eigenvalue weighted by Crippen LogP contribution is -2.28. The number of amides is 1. The Balaban J connectivity index is 0.000000980. The van der Waals surface area contributed by atoms with Gasteiger partial charge in [0.15, 0.2) is 0 Å². The molecule has 78 valence electrons. The van der Waals surface area contributed by atoms with E-state index >= 15 is 0 Å². The zero-order valence-corrected chi connectivity index (χ0v) is 9.01. The largest absolute Gasteiger partial charge is 0.345 e. The molecule has 0 aromatic carbocycles. The molecule has 1 N–H and O–H groups in total. The molecule has 0 fully saturated rings. The number of nitrogens with one attached hydrogen (secondary N) is 1. The van der Waals surface area contributed by atoms with Crippen molar-refractivity contribution in [2.75, 3.05) is 5.88 Å². The van der Waals surface area contributed by atoms with E-state index in [2.05, 4.69) is 10.3 Å². The van der Waals surface area contributed by atoms with E-state index in [1.54, 1.807) is 6.20 Å². The van der Waals surface area contributed by atoms with Gasteiger partial charge in [-0.2, -0.15) is 0 Å². The van der Waals surface area contributed by atoms with Gasteiger partial charge in [0.05, 0.1) is 6.04 Å². The van der Waals surface area contributed by atoms with Crippen LogP contribution in [0.25, 0.3) is 0 Å². The minimum Gasteiger partial charge on any atom is -0.345 e. The van der Waals surface area contributed by atoms with Gasteiger partial charge in [-0.05, 0) is 6.42 Å². The van der Waals surface area contributed by atoms with Gasteiger partial charge in [0.1, 0.15) is 11.7 Å². The van der Waals surface area contributed by atoms with Gasteiger partial charge in [0.2, 0.25) is 5.91 Å². The number of aromatic nitrogens is 2. The molecule has 14 heavy (non-hydrogen) atoms. The second-order valence-corrected chi connectivity index (χ2v) is 3.29. The van der Waals surface area contributed by atoms with Crippen LogP contribution in [0.15, 0.2) is 12.4 Å². The maximum atomic E-state index is 11.0. The molecule has 0 saturated heterocycles. The fourth-order valence-corrected chi connectivity index (χ4v) is 1.66. The lowest BCUT2D eigenvalue weighted by atomic mass is 10.2. The first-order valence-corrected chi connectivity index (χ1v) is 4.71. The average Bonchev–Trinajstić information content (AvgIpc) is 2.69. The van der Waals surface area contributed by atoms with Crippen LogP contribution >= 0.6 is 24.0 Å². The Bertz CT molecular complexity index is 326. The summed E-state index contributed by atoms with van der Waals surface area (Å²) in [4.78, 5) is 15.2. The molecule has 0 aliphatic carbocycles. The van der Waals surface area contributed by atoms with Crippen molar-refractivity contribution in [1.29, 1.82) is 0 Å². The predicted molar refractivity (Wildman–Crippen MR) is 55.7 cm³/mol. The predicted octanol–water partition coefficient (Wildman–Crippen LogP) is 1.10. The molecule has 6 heteroatoms. The summed E-state index contributed by atoms with van der Waals surface area (Å²) >= 11 is 5.39. The number of carbonyl (C=O) groups excluding carboxylic acids is 1. The molecular formula is C8H11Cl2N3O. The van der Waals surface area contributed by atoms with E-state index in [1.165, 1.54) is 0 Å². The van der Waals surface area contributed by atoms with Gasteiger partial charge in [0, 0.05) is 18.9 Å². The van der Waals surface area contributed by atoms with Crippen molar-refractivity contribution in [2.45, 2.75) is 19.0 Å². The minimum absolute atomic E-state index is 0. The molecule has 0 radical (unpaired) electrons. The average molecular weight is 236 g/mol. The van der Waals surface area contributed by atoms with Crippen LogP contribution in [0, 0.1) is 0 Å². The smallest absolute Gasteiger partial charge is 0.235 e. The summed E-state index contributed by atoms with van der Waals surface area (Å²) in [6, 6.07) is 0.0428. The van der Waals surface area contributed by atoms with E-state index < -0.39 is 0 Å². The zero-order chi connectivity index (χ0) is 9.26. The van der Waals surface area contributed by atoms with Crippen molar-refractivity contribution in [3.63, 3.8) is 0 Å². The second kappa shape index (κ2) is 4.66. The van der Waals surface area contributed by atoms with Gasteiger partial charge in [-0.15, -0.1) is 24.0 Å². The molecule has 2 heterocycles. The SMILES string of the molecule is Cl.O=C(CCl)NC1CCn2ccnc21. The third-order valence-corrected chi connectivity index (χ3v) is 2.42. The molecule has 1 aliphatic rings. The van der Waals surface area contributed by atoms with Crippen molar-refractivity contribution < 1.29 is 4.79 Å². The molecular weight excluding hydrogens is 225 g/mol. The number of alkyl halides is 1. The highest BCUT2D eigenvalue weighted by atomic mass is 35.5.